The summed E-state index contributed by atoms with van der Waals surface area (Å²) in [5.74, 6) is -2.21. The predicted octanol–water partition coefficient (Wildman–Crippen LogP) is 3.15. The van der Waals surface area contributed by atoms with E-state index in [4.69, 9.17) is 4.74 Å². The van der Waals surface area contributed by atoms with Gasteiger partial charge in [0.2, 0.25) is 5.92 Å². The minimum atomic E-state index is -2.57. The third kappa shape index (κ3) is 2.95. The van der Waals surface area contributed by atoms with Gasteiger partial charge in [-0.1, -0.05) is 0 Å². The molecule has 144 valence electrons. The Bertz CT molecular complexity index is 871. The molecular formula is C19H22F2N4O2. The van der Waals surface area contributed by atoms with E-state index >= 15 is 0 Å². The van der Waals surface area contributed by atoms with Crippen LogP contribution in [0.3, 0.4) is 0 Å². The Morgan fingerprint density at radius 2 is 2.15 bits per heavy atom. The van der Waals surface area contributed by atoms with Crippen LogP contribution in [0.2, 0.25) is 0 Å². The molecule has 1 spiro atoms. The first-order chi connectivity index (χ1) is 13.0. The lowest BCUT2D eigenvalue weighted by molar-refractivity contribution is -0.164. The van der Waals surface area contributed by atoms with Crippen molar-refractivity contribution in [2.75, 3.05) is 24.6 Å². The molecule has 2 saturated carbocycles. The number of esters is 1. The number of nitrogens with zero attached hydrogens (tertiary/aromatic N) is 3. The SMILES string of the molecule is O=C(OCC1CC(F)(F)C1)[C@@H]1CCN(c2ncnc3[nH]ccc23)CC12CC2. The molecule has 2 aliphatic carbocycles. The van der Waals surface area contributed by atoms with E-state index in [1.807, 2.05) is 12.3 Å². The van der Waals surface area contributed by atoms with E-state index in [-0.39, 0.29) is 42.7 Å². The van der Waals surface area contributed by atoms with Gasteiger partial charge >= 0.3 is 5.97 Å². The Morgan fingerprint density at radius 1 is 1.33 bits per heavy atom. The topological polar surface area (TPSA) is 71.1 Å². The van der Waals surface area contributed by atoms with Gasteiger partial charge < -0.3 is 14.6 Å². The lowest BCUT2D eigenvalue weighted by Crippen LogP contribution is -2.46. The Morgan fingerprint density at radius 3 is 2.89 bits per heavy atom. The lowest BCUT2D eigenvalue weighted by Gasteiger charge is -2.39. The molecule has 6 nitrogen and oxygen atoms in total. The van der Waals surface area contributed by atoms with Crippen LogP contribution in [0.4, 0.5) is 14.6 Å². The van der Waals surface area contributed by atoms with Gasteiger partial charge in [-0.3, -0.25) is 4.79 Å². The summed E-state index contributed by atoms with van der Waals surface area (Å²) in [5, 5.41) is 0.986. The minimum Gasteiger partial charge on any atom is -0.465 e. The lowest BCUT2D eigenvalue weighted by atomic mass is 9.81. The molecule has 8 heteroatoms. The number of halogens is 2. The molecule has 1 saturated heterocycles. The fourth-order valence-electron chi connectivity index (χ4n) is 4.69. The quantitative estimate of drug-likeness (QED) is 0.830. The highest BCUT2D eigenvalue weighted by molar-refractivity contribution is 5.87. The zero-order chi connectivity index (χ0) is 18.6. The molecule has 3 heterocycles. The molecule has 1 aliphatic heterocycles. The van der Waals surface area contributed by atoms with Crippen molar-refractivity contribution in [3.8, 4) is 0 Å². The number of H-pyrrole nitrogens is 1. The van der Waals surface area contributed by atoms with Gasteiger partial charge in [-0.15, -0.1) is 0 Å². The van der Waals surface area contributed by atoms with Crippen LogP contribution < -0.4 is 4.90 Å². The monoisotopic (exact) mass is 376 g/mol. The summed E-state index contributed by atoms with van der Waals surface area (Å²) in [4.78, 5) is 26.7. The summed E-state index contributed by atoms with van der Waals surface area (Å²) < 4.78 is 31.3. The van der Waals surface area contributed by atoms with Crippen molar-refractivity contribution in [3.63, 3.8) is 0 Å². The van der Waals surface area contributed by atoms with Gasteiger partial charge in [0.05, 0.1) is 17.9 Å². The molecule has 3 fully saturated rings. The molecule has 1 N–H and O–H groups in total. The molecule has 0 amide bonds. The standard InChI is InChI=1S/C19H22F2N4O2/c20-19(21)7-12(8-19)9-27-17(26)14-2-6-25(10-18(14)3-4-18)16-13-1-5-22-15(13)23-11-24-16/h1,5,11-12,14H,2-4,6-10H2,(H,22,23,24)/t14-/m0/s1. The summed E-state index contributed by atoms with van der Waals surface area (Å²) in [7, 11) is 0. The van der Waals surface area contributed by atoms with E-state index < -0.39 is 5.92 Å². The number of fused-ring (bicyclic) bond motifs is 1. The fraction of sp³-hybridized carbons (Fsp3) is 0.632. The van der Waals surface area contributed by atoms with Crippen LogP contribution in [0.1, 0.15) is 32.1 Å². The highest BCUT2D eigenvalue weighted by atomic mass is 19.3. The predicted molar refractivity (Wildman–Crippen MR) is 94.5 cm³/mol. The number of carbonyl (C=O) groups is 1. The number of aromatic amines is 1. The Kier molecular flexibility index (Phi) is 3.67. The Balaban J connectivity index is 1.25. The number of hydrogen-bond donors (Lipinski definition) is 1. The molecule has 0 bridgehead atoms. The summed E-state index contributed by atoms with van der Waals surface area (Å²) >= 11 is 0. The average molecular weight is 376 g/mol. The second kappa shape index (κ2) is 5.87. The molecule has 2 aromatic heterocycles. The number of ether oxygens (including phenoxy) is 1. The summed E-state index contributed by atoms with van der Waals surface area (Å²) in [5.41, 5.74) is 0.746. The highest BCUT2D eigenvalue weighted by Gasteiger charge is 2.56. The second-order valence-corrected chi connectivity index (χ2v) is 8.32. The first-order valence-electron chi connectivity index (χ1n) is 9.53. The van der Waals surface area contributed by atoms with Gasteiger partial charge in [0.1, 0.15) is 17.8 Å². The Hall–Kier alpha value is -2.25. The number of alkyl halides is 2. The maximum absolute atomic E-state index is 12.9. The Labute approximate surface area is 155 Å². The average Bonchev–Trinajstić information content (AvgIpc) is 3.19. The van der Waals surface area contributed by atoms with Crippen LogP contribution in [0, 0.1) is 17.3 Å². The van der Waals surface area contributed by atoms with Gasteiger partial charge in [-0.25, -0.2) is 18.7 Å². The molecule has 0 aromatic carbocycles. The molecule has 1 atom stereocenters. The van der Waals surface area contributed by atoms with Crippen molar-refractivity contribution >= 4 is 22.8 Å². The molecule has 0 radical (unpaired) electrons. The molecule has 5 rings (SSSR count). The third-order valence-electron chi connectivity index (χ3n) is 6.38. The minimum absolute atomic E-state index is 0.0630. The first kappa shape index (κ1) is 16.9. The smallest absolute Gasteiger partial charge is 0.309 e. The van der Waals surface area contributed by atoms with Gasteiger partial charge in [-0.2, -0.15) is 0 Å². The van der Waals surface area contributed by atoms with Gasteiger partial charge in [0.15, 0.2) is 0 Å². The molecule has 3 aliphatic rings. The van der Waals surface area contributed by atoms with Crippen LogP contribution in [0.15, 0.2) is 18.6 Å². The van der Waals surface area contributed by atoms with Crippen LogP contribution in [0.25, 0.3) is 11.0 Å². The van der Waals surface area contributed by atoms with E-state index in [9.17, 15) is 13.6 Å². The number of anilines is 1. The number of carbonyl (C=O) groups excluding carboxylic acids is 1. The first-order valence-corrected chi connectivity index (χ1v) is 9.53. The zero-order valence-corrected chi connectivity index (χ0v) is 15.0. The van der Waals surface area contributed by atoms with Crippen molar-refractivity contribution in [3.05, 3.63) is 18.6 Å². The normalized spacial score (nSPS) is 26.1. The fourth-order valence-corrected chi connectivity index (χ4v) is 4.69. The van der Waals surface area contributed by atoms with E-state index in [1.165, 1.54) is 0 Å². The van der Waals surface area contributed by atoms with Gasteiger partial charge in [0, 0.05) is 43.5 Å². The van der Waals surface area contributed by atoms with Crippen LogP contribution in [-0.2, 0) is 9.53 Å². The number of aromatic nitrogens is 3. The third-order valence-corrected chi connectivity index (χ3v) is 6.38. The maximum Gasteiger partial charge on any atom is 0.309 e. The molecular weight excluding hydrogens is 354 g/mol. The summed E-state index contributed by atoms with van der Waals surface area (Å²) in [6.07, 6.45) is 5.77. The van der Waals surface area contributed by atoms with Gasteiger partial charge in [0.25, 0.3) is 0 Å². The van der Waals surface area contributed by atoms with Crippen molar-refractivity contribution in [2.24, 2.45) is 17.3 Å². The second-order valence-electron chi connectivity index (χ2n) is 8.32. The number of hydrogen-bond acceptors (Lipinski definition) is 5. The molecule has 0 unspecified atom stereocenters. The van der Waals surface area contributed by atoms with Crippen LogP contribution >= 0.6 is 0 Å². The zero-order valence-electron chi connectivity index (χ0n) is 15.0. The maximum atomic E-state index is 12.9. The van der Waals surface area contributed by atoms with E-state index in [1.54, 1.807) is 6.33 Å². The largest absolute Gasteiger partial charge is 0.465 e. The highest BCUT2D eigenvalue weighted by Crippen LogP contribution is 2.56. The van der Waals surface area contributed by atoms with Crippen molar-refractivity contribution in [2.45, 2.75) is 38.0 Å². The van der Waals surface area contributed by atoms with Crippen molar-refractivity contribution in [1.82, 2.24) is 15.0 Å². The number of piperidine rings is 1. The van der Waals surface area contributed by atoms with Crippen molar-refractivity contribution in [1.29, 1.82) is 0 Å². The number of nitrogens with one attached hydrogen (secondary N) is 1. The number of rotatable bonds is 4. The summed E-state index contributed by atoms with van der Waals surface area (Å²) in [6, 6.07) is 1.97. The molecule has 2 aromatic rings. The van der Waals surface area contributed by atoms with Crippen LogP contribution in [0.5, 0.6) is 0 Å². The molecule has 27 heavy (non-hydrogen) atoms. The van der Waals surface area contributed by atoms with Crippen molar-refractivity contribution < 1.29 is 18.3 Å². The van der Waals surface area contributed by atoms with Crippen LogP contribution in [-0.4, -0.2) is 46.5 Å². The summed E-state index contributed by atoms with van der Waals surface area (Å²) in [6.45, 7) is 1.62. The van der Waals surface area contributed by atoms with E-state index in [2.05, 4.69) is 19.9 Å². The van der Waals surface area contributed by atoms with Gasteiger partial charge in [-0.05, 0) is 25.3 Å². The van der Waals surface area contributed by atoms with E-state index in [0.717, 1.165) is 42.8 Å². The van der Waals surface area contributed by atoms with E-state index in [0.29, 0.717) is 6.42 Å².